The molecule has 0 fully saturated rings. The Kier molecular flexibility index (Phi) is 3.43. The van der Waals surface area contributed by atoms with Gasteiger partial charge in [-0.2, -0.15) is 0 Å². The molecule has 1 unspecified atom stereocenters. The van der Waals surface area contributed by atoms with Gasteiger partial charge in [0.1, 0.15) is 11.3 Å². The maximum absolute atomic E-state index is 6.10. The average Bonchev–Trinajstić information content (AvgIpc) is 2.63. The number of nitrogens with one attached hydrogen (secondary N) is 1. The number of furan rings is 1. The minimum atomic E-state index is 0.210. The van der Waals surface area contributed by atoms with Crippen molar-refractivity contribution >= 4 is 34.2 Å². The highest BCUT2D eigenvalue weighted by atomic mass is 35.5. The van der Waals surface area contributed by atoms with Crippen molar-refractivity contribution in [3.63, 3.8) is 0 Å². The van der Waals surface area contributed by atoms with Crippen molar-refractivity contribution in [2.24, 2.45) is 0 Å². The van der Waals surface area contributed by atoms with E-state index in [0.29, 0.717) is 10.0 Å². The van der Waals surface area contributed by atoms with Crippen molar-refractivity contribution in [2.75, 3.05) is 7.05 Å². The predicted molar refractivity (Wildman–Crippen MR) is 68.3 cm³/mol. The molecule has 0 saturated carbocycles. The quantitative estimate of drug-likeness (QED) is 0.882. The van der Waals surface area contributed by atoms with Gasteiger partial charge < -0.3 is 9.73 Å². The minimum Gasteiger partial charge on any atom is -0.459 e. The first kappa shape index (κ1) is 11.8. The zero-order valence-electron chi connectivity index (χ0n) is 9.18. The van der Waals surface area contributed by atoms with Gasteiger partial charge in [0.25, 0.3) is 0 Å². The lowest BCUT2D eigenvalue weighted by Crippen LogP contribution is -2.14. The molecule has 86 valence electrons. The molecule has 0 aliphatic heterocycles. The molecule has 1 aromatic carbocycles. The summed E-state index contributed by atoms with van der Waals surface area (Å²) in [6, 6.07) is 5.69. The van der Waals surface area contributed by atoms with E-state index >= 15 is 0 Å². The summed E-state index contributed by atoms with van der Waals surface area (Å²) in [6.45, 7) is 2.10. The maximum atomic E-state index is 6.10. The fraction of sp³-hybridized carbons (Fsp3) is 0.333. The van der Waals surface area contributed by atoms with E-state index < -0.39 is 0 Å². The van der Waals surface area contributed by atoms with Crippen LogP contribution in [0.2, 0.25) is 10.0 Å². The summed E-state index contributed by atoms with van der Waals surface area (Å²) in [7, 11) is 1.91. The summed E-state index contributed by atoms with van der Waals surface area (Å²) in [5.74, 6) is 0.893. The Morgan fingerprint density at radius 2 is 2.06 bits per heavy atom. The normalized spacial score (nSPS) is 13.2. The third-order valence-corrected chi connectivity index (χ3v) is 3.20. The molecule has 0 spiro atoms. The maximum Gasteiger partial charge on any atom is 0.137 e. The molecule has 4 heteroatoms. The molecule has 0 saturated heterocycles. The smallest absolute Gasteiger partial charge is 0.137 e. The summed E-state index contributed by atoms with van der Waals surface area (Å²) < 4.78 is 5.74. The van der Waals surface area contributed by atoms with E-state index in [4.69, 9.17) is 27.6 Å². The van der Waals surface area contributed by atoms with Gasteiger partial charge in [-0.15, -0.1) is 0 Å². The third-order valence-electron chi connectivity index (χ3n) is 2.67. The van der Waals surface area contributed by atoms with Crippen LogP contribution in [-0.2, 0) is 0 Å². The Balaban J connectivity index is 2.55. The van der Waals surface area contributed by atoms with Gasteiger partial charge in [0.05, 0.1) is 11.1 Å². The minimum absolute atomic E-state index is 0.210. The molecule has 1 atom stereocenters. The second-order valence-corrected chi connectivity index (χ2v) is 4.54. The Hall–Kier alpha value is -0.700. The zero-order chi connectivity index (χ0) is 11.7. The number of rotatable bonds is 3. The number of hydrogen-bond acceptors (Lipinski definition) is 2. The molecule has 2 aromatic rings. The van der Waals surface area contributed by atoms with Crippen LogP contribution in [-0.4, -0.2) is 7.05 Å². The van der Waals surface area contributed by atoms with Gasteiger partial charge in [-0.1, -0.05) is 30.1 Å². The molecule has 0 bridgehead atoms. The largest absolute Gasteiger partial charge is 0.459 e. The standard InChI is InChI=1S/C12H13Cl2NO/c1-3-10(15-2)12-6-8-9(14)4-7(13)5-11(8)16-12/h4-6,10,15H,3H2,1-2H3. The van der Waals surface area contributed by atoms with Crippen LogP contribution >= 0.6 is 23.2 Å². The van der Waals surface area contributed by atoms with E-state index in [-0.39, 0.29) is 6.04 Å². The highest BCUT2D eigenvalue weighted by Gasteiger charge is 2.14. The number of hydrogen-bond donors (Lipinski definition) is 1. The molecule has 0 aliphatic rings. The molecule has 2 rings (SSSR count). The Labute approximate surface area is 105 Å². The molecule has 2 nitrogen and oxygen atoms in total. The van der Waals surface area contributed by atoms with Gasteiger partial charge in [-0.25, -0.2) is 0 Å². The first-order valence-corrected chi connectivity index (χ1v) is 5.97. The van der Waals surface area contributed by atoms with Gasteiger partial charge in [-0.05, 0) is 25.6 Å². The summed E-state index contributed by atoms with van der Waals surface area (Å²) in [5.41, 5.74) is 0.737. The van der Waals surface area contributed by atoms with E-state index in [1.807, 2.05) is 13.1 Å². The van der Waals surface area contributed by atoms with Crippen LogP contribution in [0.15, 0.2) is 22.6 Å². The average molecular weight is 258 g/mol. The second-order valence-electron chi connectivity index (χ2n) is 3.70. The molecule has 0 aliphatic carbocycles. The van der Waals surface area contributed by atoms with Crippen molar-refractivity contribution in [2.45, 2.75) is 19.4 Å². The molecular formula is C12H13Cl2NO. The fourth-order valence-corrected chi connectivity index (χ4v) is 2.33. The van der Waals surface area contributed by atoms with Crippen LogP contribution in [0.3, 0.4) is 0 Å². The molecule has 1 heterocycles. The first-order valence-electron chi connectivity index (χ1n) is 5.21. The molecule has 16 heavy (non-hydrogen) atoms. The number of fused-ring (bicyclic) bond motifs is 1. The van der Waals surface area contributed by atoms with E-state index in [1.165, 1.54) is 0 Å². The van der Waals surface area contributed by atoms with Gasteiger partial charge in [0.2, 0.25) is 0 Å². The van der Waals surface area contributed by atoms with Crippen molar-refractivity contribution in [3.05, 3.63) is 34.0 Å². The zero-order valence-corrected chi connectivity index (χ0v) is 10.7. The van der Waals surface area contributed by atoms with Gasteiger partial charge in [0.15, 0.2) is 0 Å². The lowest BCUT2D eigenvalue weighted by molar-refractivity contribution is 0.444. The first-order chi connectivity index (χ1) is 7.65. The van der Waals surface area contributed by atoms with E-state index in [9.17, 15) is 0 Å². The molecule has 1 aromatic heterocycles. The summed E-state index contributed by atoms with van der Waals surface area (Å²) in [5, 5.41) is 5.33. The summed E-state index contributed by atoms with van der Waals surface area (Å²) >= 11 is 12.0. The van der Waals surface area contributed by atoms with Crippen LogP contribution < -0.4 is 5.32 Å². The van der Waals surface area contributed by atoms with Crippen LogP contribution in [0.4, 0.5) is 0 Å². The highest BCUT2D eigenvalue weighted by Crippen LogP contribution is 2.32. The third kappa shape index (κ3) is 2.05. The monoisotopic (exact) mass is 257 g/mol. The van der Waals surface area contributed by atoms with Crippen molar-refractivity contribution in [1.82, 2.24) is 5.32 Å². The fourth-order valence-electron chi connectivity index (χ4n) is 1.80. The van der Waals surface area contributed by atoms with Gasteiger partial charge in [-0.3, -0.25) is 0 Å². The second kappa shape index (κ2) is 4.66. The Morgan fingerprint density at radius 1 is 1.31 bits per heavy atom. The van der Waals surface area contributed by atoms with Crippen molar-refractivity contribution < 1.29 is 4.42 Å². The van der Waals surface area contributed by atoms with Crippen LogP contribution in [0.1, 0.15) is 25.1 Å². The molecule has 1 N–H and O–H groups in total. The van der Waals surface area contributed by atoms with Crippen molar-refractivity contribution in [3.8, 4) is 0 Å². The SMILES string of the molecule is CCC(NC)c1cc2c(Cl)cc(Cl)cc2o1. The highest BCUT2D eigenvalue weighted by molar-refractivity contribution is 6.38. The summed E-state index contributed by atoms with van der Waals surface area (Å²) in [4.78, 5) is 0. The van der Waals surface area contributed by atoms with Crippen LogP contribution in [0, 0.1) is 0 Å². The van der Waals surface area contributed by atoms with E-state index in [1.54, 1.807) is 12.1 Å². The molecule has 0 amide bonds. The van der Waals surface area contributed by atoms with Gasteiger partial charge >= 0.3 is 0 Å². The lowest BCUT2D eigenvalue weighted by Gasteiger charge is -2.09. The number of benzene rings is 1. The Morgan fingerprint density at radius 3 is 2.69 bits per heavy atom. The van der Waals surface area contributed by atoms with Gasteiger partial charge in [0, 0.05) is 16.5 Å². The van der Waals surface area contributed by atoms with Crippen LogP contribution in [0.25, 0.3) is 11.0 Å². The van der Waals surface area contributed by atoms with E-state index in [2.05, 4.69) is 12.2 Å². The van der Waals surface area contributed by atoms with E-state index in [0.717, 1.165) is 23.2 Å². The molecule has 0 radical (unpaired) electrons. The van der Waals surface area contributed by atoms with Crippen molar-refractivity contribution in [1.29, 1.82) is 0 Å². The predicted octanol–water partition coefficient (Wildman–Crippen LogP) is 4.41. The molecular weight excluding hydrogens is 245 g/mol. The number of halogens is 2. The summed E-state index contributed by atoms with van der Waals surface area (Å²) in [6.07, 6.45) is 0.960. The Bertz CT molecular complexity index is 503. The lowest BCUT2D eigenvalue weighted by atomic mass is 10.1. The topological polar surface area (TPSA) is 25.2 Å². The van der Waals surface area contributed by atoms with Crippen LogP contribution in [0.5, 0.6) is 0 Å².